The van der Waals surface area contributed by atoms with Gasteiger partial charge in [-0.05, 0) is 23.8 Å². The lowest BCUT2D eigenvalue weighted by Gasteiger charge is -2.34. The number of hydrogen-bond donors (Lipinski definition) is 0. The number of carbonyl (C=O) groups excluding carboxylic acids is 1. The van der Waals surface area contributed by atoms with E-state index in [0.29, 0.717) is 13.1 Å². The van der Waals surface area contributed by atoms with Crippen LogP contribution < -0.4 is 0 Å². The van der Waals surface area contributed by atoms with Gasteiger partial charge in [-0.3, -0.25) is 9.80 Å². The van der Waals surface area contributed by atoms with Crippen LogP contribution in [-0.4, -0.2) is 49.1 Å². The number of methoxy groups -OCH3 is 1. The number of rotatable bonds is 5. The van der Waals surface area contributed by atoms with Gasteiger partial charge in [0, 0.05) is 44.8 Å². The van der Waals surface area contributed by atoms with Gasteiger partial charge in [0.1, 0.15) is 0 Å². The second-order valence-corrected chi connectivity index (χ2v) is 6.51. The van der Waals surface area contributed by atoms with E-state index in [1.165, 1.54) is 25.5 Å². The predicted octanol–water partition coefficient (Wildman–Crippen LogP) is 3.40. The highest BCUT2D eigenvalue weighted by Crippen LogP contribution is 2.29. The van der Waals surface area contributed by atoms with Gasteiger partial charge in [0.15, 0.2) is 0 Å². The summed E-state index contributed by atoms with van der Waals surface area (Å²) in [4.78, 5) is 16.1. The molecule has 0 spiro atoms. The van der Waals surface area contributed by atoms with Gasteiger partial charge in [-0.25, -0.2) is 4.79 Å². The summed E-state index contributed by atoms with van der Waals surface area (Å²) in [6.45, 7) is 4.40. The van der Waals surface area contributed by atoms with Crippen molar-refractivity contribution in [1.82, 2.24) is 9.80 Å². The zero-order valence-electron chi connectivity index (χ0n) is 15.0. The van der Waals surface area contributed by atoms with E-state index in [-0.39, 0.29) is 5.76 Å². The quantitative estimate of drug-likeness (QED) is 0.742. The number of alkyl halides is 3. The zero-order chi connectivity index (χ0) is 19.4. The standard InChI is InChI=1S/C19H21F3N2O3/c1-26-18(25)17-15(6-11-27-17)13-24-9-7-23(8-10-24)12-14-2-4-16(5-3-14)19(20,21)22/h2-6,11H,7-10,12-13H2,1H3. The van der Waals surface area contributed by atoms with Gasteiger partial charge in [0.25, 0.3) is 0 Å². The molecule has 1 aliphatic rings. The Hall–Kier alpha value is -2.32. The largest absolute Gasteiger partial charge is 0.463 e. The van der Waals surface area contributed by atoms with Crippen molar-refractivity contribution in [3.63, 3.8) is 0 Å². The van der Waals surface area contributed by atoms with Crippen molar-refractivity contribution in [2.45, 2.75) is 19.3 Å². The number of ether oxygens (including phenoxy) is 1. The molecule has 1 aliphatic heterocycles. The first-order chi connectivity index (χ1) is 12.9. The smallest absolute Gasteiger partial charge is 0.416 e. The molecule has 0 unspecified atom stereocenters. The topological polar surface area (TPSA) is 45.9 Å². The van der Waals surface area contributed by atoms with Crippen molar-refractivity contribution in [3.8, 4) is 0 Å². The normalized spacial score (nSPS) is 16.4. The van der Waals surface area contributed by atoms with Crippen molar-refractivity contribution in [2.24, 2.45) is 0 Å². The van der Waals surface area contributed by atoms with Crippen LogP contribution in [0.5, 0.6) is 0 Å². The summed E-state index contributed by atoms with van der Waals surface area (Å²) in [7, 11) is 1.31. The molecule has 3 rings (SSSR count). The second kappa shape index (κ2) is 8.14. The Labute approximate surface area is 155 Å². The number of piperazine rings is 1. The first-order valence-electron chi connectivity index (χ1n) is 8.62. The first kappa shape index (κ1) is 19.4. The van der Waals surface area contributed by atoms with Crippen molar-refractivity contribution < 1.29 is 27.1 Å². The number of benzene rings is 1. The van der Waals surface area contributed by atoms with Gasteiger partial charge in [-0.1, -0.05) is 12.1 Å². The minimum Gasteiger partial charge on any atom is -0.463 e. The number of nitrogens with zero attached hydrogens (tertiary/aromatic N) is 2. The van der Waals surface area contributed by atoms with Crippen LogP contribution >= 0.6 is 0 Å². The summed E-state index contributed by atoms with van der Waals surface area (Å²) in [5.74, 6) is -0.263. The van der Waals surface area contributed by atoms with Gasteiger partial charge < -0.3 is 9.15 Å². The Morgan fingerprint density at radius 1 is 1.04 bits per heavy atom. The maximum atomic E-state index is 12.6. The molecule has 0 aliphatic carbocycles. The number of halogens is 3. The van der Waals surface area contributed by atoms with Crippen molar-refractivity contribution in [1.29, 1.82) is 0 Å². The summed E-state index contributed by atoms with van der Waals surface area (Å²) in [5.41, 5.74) is 1.02. The van der Waals surface area contributed by atoms with Gasteiger partial charge in [-0.15, -0.1) is 0 Å². The van der Waals surface area contributed by atoms with E-state index < -0.39 is 17.7 Å². The lowest BCUT2D eigenvalue weighted by molar-refractivity contribution is -0.137. The Bertz CT molecular complexity index is 763. The van der Waals surface area contributed by atoms with Crippen LogP contribution in [0.2, 0.25) is 0 Å². The summed E-state index contributed by atoms with van der Waals surface area (Å²) in [5, 5.41) is 0. The third-order valence-electron chi connectivity index (χ3n) is 4.66. The minimum absolute atomic E-state index is 0.227. The fourth-order valence-electron chi connectivity index (χ4n) is 3.14. The summed E-state index contributed by atoms with van der Waals surface area (Å²) >= 11 is 0. The SMILES string of the molecule is COC(=O)c1occc1CN1CCN(Cc2ccc(C(F)(F)F)cc2)CC1. The predicted molar refractivity (Wildman–Crippen MR) is 92.0 cm³/mol. The van der Waals surface area contributed by atoms with Gasteiger partial charge >= 0.3 is 12.1 Å². The molecular weight excluding hydrogens is 361 g/mol. The average Bonchev–Trinajstić information content (AvgIpc) is 3.10. The van der Waals surface area contributed by atoms with Crippen LogP contribution in [0.4, 0.5) is 13.2 Å². The van der Waals surface area contributed by atoms with E-state index in [9.17, 15) is 18.0 Å². The van der Waals surface area contributed by atoms with E-state index in [4.69, 9.17) is 9.15 Å². The molecule has 8 heteroatoms. The minimum atomic E-state index is -4.31. The van der Waals surface area contributed by atoms with E-state index in [1.54, 1.807) is 6.07 Å². The van der Waals surface area contributed by atoms with Crippen LogP contribution in [0.1, 0.15) is 27.2 Å². The molecule has 1 saturated heterocycles. The highest BCUT2D eigenvalue weighted by Gasteiger charge is 2.30. The van der Waals surface area contributed by atoms with Crippen LogP contribution in [0, 0.1) is 0 Å². The third kappa shape index (κ3) is 4.90. The molecule has 5 nitrogen and oxygen atoms in total. The first-order valence-corrected chi connectivity index (χ1v) is 8.62. The Morgan fingerprint density at radius 3 is 2.19 bits per heavy atom. The molecule has 0 amide bonds. The summed E-state index contributed by atoms with van der Waals surface area (Å²) in [6.07, 6.45) is -2.83. The molecule has 2 heterocycles. The lowest BCUT2D eigenvalue weighted by atomic mass is 10.1. The van der Waals surface area contributed by atoms with Gasteiger partial charge in [0.05, 0.1) is 18.9 Å². The number of furan rings is 1. The van der Waals surface area contributed by atoms with Crippen molar-refractivity contribution in [2.75, 3.05) is 33.3 Å². The van der Waals surface area contributed by atoms with E-state index >= 15 is 0 Å². The number of hydrogen-bond acceptors (Lipinski definition) is 5. The van der Waals surface area contributed by atoms with Crippen LogP contribution in [-0.2, 0) is 24.0 Å². The molecule has 1 aromatic heterocycles. The Kier molecular flexibility index (Phi) is 5.86. The molecule has 0 bridgehead atoms. The molecule has 0 radical (unpaired) electrons. The zero-order valence-corrected chi connectivity index (χ0v) is 15.0. The molecule has 0 N–H and O–H groups in total. The Balaban J connectivity index is 1.51. The fourth-order valence-corrected chi connectivity index (χ4v) is 3.14. The van der Waals surface area contributed by atoms with E-state index in [2.05, 4.69) is 9.80 Å². The van der Waals surface area contributed by atoms with Crippen LogP contribution in [0.25, 0.3) is 0 Å². The second-order valence-electron chi connectivity index (χ2n) is 6.51. The van der Waals surface area contributed by atoms with E-state index in [0.717, 1.165) is 49.4 Å². The number of esters is 1. The van der Waals surface area contributed by atoms with Gasteiger partial charge in [-0.2, -0.15) is 13.2 Å². The number of carbonyl (C=O) groups is 1. The molecule has 0 saturated carbocycles. The van der Waals surface area contributed by atoms with E-state index in [1.807, 2.05) is 0 Å². The monoisotopic (exact) mass is 382 g/mol. The van der Waals surface area contributed by atoms with Gasteiger partial charge in [0.2, 0.25) is 5.76 Å². The molecule has 2 aromatic rings. The molecular formula is C19H21F3N2O3. The Morgan fingerprint density at radius 2 is 1.63 bits per heavy atom. The average molecular weight is 382 g/mol. The molecule has 27 heavy (non-hydrogen) atoms. The molecule has 1 fully saturated rings. The van der Waals surface area contributed by atoms with Crippen molar-refractivity contribution in [3.05, 3.63) is 59.0 Å². The molecule has 146 valence electrons. The van der Waals surface area contributed by atoms with Crippen LogP contribution in [0.3, 0.4) is 0 Å². The highest BCUT2D eigenvalue weighted by molar-refractivity contribution is 5.87. The third-order valence-corrected chi connectivity index (χ3v) is 4.66. The molecule has 1 aromatic carbocycles. The summed E-state index contributed by atoms with van der Waals surface area (Å²) < 4.78 is 47.8. The maximum Gasteiger partial charge on any atom is 0.416 e. The fraction of sp³-hybridized carbons (Fsp3) is 0.421. The summed E-state index contributed by atoms with van der Waals surface area (Å²) in [6, 6.07) is 7.07. The lowest BCUT2D eigenvalue weighted by Crippen LogP contribution is -2.45. The molecule has 0 atom stereocenters. The van der Waals surface area contributed by atoms with Crippen LogP contribution in [0.15, 0.2) is 41.0 Å². The maximum absolute atomic E-state index is 12.6. The van der Waals surface area contributed by atoms with Crippen molar-refractivity contribution >= 4 is 5.97 Å². The highest BCUT2D eigenvalue weighted by atomic mass is 19.4.